The van der Waals surface area contributed by atoms with Crippen molar-refractivity contribution in [2.45, 2.75) is 13.5 Å². The highest BCUT2D eigenvalue weighted by molar-refractivity contribution is 5.85. The fourth-order valence-corrected chi connectivity index (χ4v) is 1.80. The third-order valence-corrected chi connectivity index (χ3v) is 2.48. The number of ether oxygens (including phenoxy) is 1. The number of aromatic nitrogens is 1. The van der Waals surface area contributed by atoms with Gasteiger partial charge >= 0.3 is 5.97 Å². The zero-order valence-corrected chi connectivity index (χ0v) is 9.27. The Labute approximate surface area is 94.6 Å². The van der Waals surface area contributed by atoms with Crippen molar-refractivity contribution >= 4 is 16.9 Å². The lowest BCUT2D eigenvalue weighted by Gasteiger charge is -2.04. The minimum absolute atomic E-state index is 0.219. The number of carbonyl (C=O) groups excluding carboxylic acids is 1. The molecule has 83 valence electrons. The average Bonchev–Trinajstić information content (AvgIpc) is 2.57. The van der Waals surface area contributed by atoms with Crippen LogP contribution in [0.5, 0.6) is 0 Å². The van der Waals surface area contributed by atoms with Gasteiger partial charge < -0.3 is 9.30 Å². The van der Waals surface area contributed by atoms with Crippen molar-refractivity contribution in [2.24, 2.45) is 0 Å². The molecule has 0 saturated carbocycles. The van der Waals surface area contributed by atoms with Crippen molar-refractivity contribution < 1.29 is 9.53 Å². The number of nitrogens with zero attached hydrogens (tertiary/aromatic N) is 1. The Morgan fingerprint density at radius 3 is 2.94 bits per heavy atom. The molecule has 0 aliphatic rings. The van der Waals surface area contributed by atoms with E-state index >= 15 is 0 Å². The summed E-state index contributed by atoms with van der Waals surface area (Å²) in [6.07, 6.45) is 1.88. The van der Waals surface area contributed by atoms with Crippen LogP contribution >= 0.6 is 0 Å². The van der Waals surface area contributed by atoms with Crippen molar-refractivity contribution in [1.29, 1.82) is 0 Å². The fourth-order valence-electron chi connectivity index (χ4n) is 1.80. The number of para-hydroxylation sites is 1. The van der Waals surface area contributed by atoms with E-state index in [1.807, 2.05) is 35.0 Å². The highest BCUT2D eigenvalue weighted by atomic mass is 16.5. The Morgan fingerprint density at radius 1 is 1.44 bits per heavy atom. The smallest absolute Gasteiger partial charge is 0.325 e. The first-order valence-electron chi connectivity index (χ1n) is 5.28. The van der Waals surface area contributed by atoms with Crippen molar-refractivity contribution in [3.8, 4) is 0 Å². The number of esters is 1. The van der Waals surface area contributed by atoms with Gasteiger partial charge in [0.25, 0.3) is 0 Å². The molecule has 0 N–H and O–H groups in total. The number of hydrogen-bond donors (Lipinski definition) is 0. The molecule has 0 saturated heterocycles. The summed E-state index contributed by atoms with van der Waals surface area (Å²) in [5, 5.41) is 1.08. The van der Waals surface area contributed by atoms with Crippen molar-refractivity contribution in [2.75, 3.05) is 6.61 Å². The average molecular weight is 216 g/mol. The minimum atomic E-state index is -0.219. The molecule has 1 heterocycles. The van der Waals surface area contributed by atoms with E-state index in [4.69, 9.17) is 4.74 Å². The SMILES string of the molecule is [CH2]c1cn(CC(=O)OCC)c2ccccc12. The Hall–Kier alpha value is -1.77. The topological polar surface area (TPSA) is 31.2 Å². The first kappa shape index (κ1) is 10.7. The highest BCUT2D eigenvalue weighted by Crippen LogP contribution is 2.20. The summed E-state index contributed by atoms with van der Waals surface area (Å²) in [4.78, 5) is 11.4. The van der Waals surface area contributed by atoms with Gasteiger partial charge in [-0.2, -0.15) is 0 Å². The van der Waals surface area contributed by atoms with Crippen LogP contribution in [0.3, 0.4) is 0 Å². The van der Waals surface area contributed by atoms with E-state index in [-0.39, 0.29) is 12.5 Å². The molecule has 2 aromatic rings. The maximum absolute atomic E-state index is 11.4. The largest absolute Gasteiger partial charge is 0.465 e. The van der Waals surface area contributed by atoms with Crippen molar-refractivity contribution in [3.63, 3.8) is 0 Å². The first-order chi connectivity index (χ1) is 7.72. The van der Waals surface area contributed by atoms with Crippen LogP contribution in [-0.4, -0.2) is 17.1 Å². The lowest BCUT2D eigenvalue weighted by molar-refractivity contribution is -0.143. The second-order valence-electron chi connectivity index (χ2n) is 3.60. The summed E-state index contributed by atoms with van der Waals surface area (Å²) >= 11 is 0. The van der Waals surface area contributed by atoms with Crippen LogP contribution in [0.15, 0.2) is 30.5 Å². The molecular weight excluding hydrogens is 202 g/mol. The molecule has 0 amide bonds. The normalized spacial score (nSPS) is 10.6. The molecule has 1 aromatic heterocycles. The summed E-state index contributed by atoms with van der Waals surface area (Å²) in [7, 11) is 0. The van der Waals surface area contributed by atoms with Crippen LogP contribution in [0, 0.1) is 6.92 Å². The van der Waals surface area contributed by atoms with Gasteiger partial charge in [0.05, 0.1) is 6.61 Å². The Kier molecular flexibility index (Phi) is 2.95. The first-order valence-corrected chi connectivity index (χ1v) is 5.28. The van der Waals surface area contributed by atoms with Crippen LogP contribution in [0.1, 0.15) is 12.5 Å². The third-order valence-electron chi connectivity index (χ3n) is 2.48. The van der Waals surface area contributed by atoms with Gasteiger partial charge in [-0.3, -0.25) is 4.79 Å². The molecule has 0 unspecified atom stereocenters. The van der Waals surface area contributed by atoms with Crippen molar-refractivity contribution in [1.82, 2.24) is 4.57 Å². The molecule has 16 heavy (non-hydrogen) atoms. The van der Waals surface area contributed by atoms with Crippen LogP contribution in [0.4, 0.5) is 0 Å². The van der Waals surface area contributed by atoms with E-state index in [0.29, 0.717) is 6.61 Å². The molecule has 1 radical (unpaired) electrons. The predicted molar refractivity (Wildman–Crippen MR) is 63.0 cm³/mol. The van der Waals surface area contributed by atoms with E-state index in [2.05, 4.69) is 6.92 Å². The monoisotopic (exact) mass is 216 g/mol. The second kappa shape index (κ2) is 4.39. The molecule has 0 aliphatic heterocycles. The molecule has 0 fully saturated rings. The van der Waals surface area contributed by atoms with Crippen molar-refractivity contribution in [3.05, 3.63) is 42.9 Å². The van der Waals surface area contributed by atoms with Crippen LogP contribution < -0.4 is 0 Å². The molecule has 0 atom stereocenters. The van der Waals surface area contributed by atoms with Crippen LogP contribution in [0.25, 0.3) is 10.9 Å². The number of carbonyl (C=O) groups is 1. The van der Waals surface area contributed by atoms with E-state index in [0.717, 1.165) is 16.5 Å². The zero-order valence-electron chi connectivity index (χ0n) is 9.27. The van der Waals surface area contributed by atoms with Gasteiger partial charge in [0.1, 0.15) is 6.54 Å². The molecule has 3 nitrogen and oxygen atoms in total. The van der Waals surface area contributed by atoms with Gasteiger partial charge in [-0.1, -0.05) is 18.2 Å². The highest BCUT2D eigenvalue weighted by Gasteiger charge is 2.08. The Balaban J connectivity index is 2.34. The van der Waals surface area contributed by atoms with Gasteiger partial charge in [-0.15, -0.1) is 0 Å². The van der Waals surface area contributed by atoms with Gasteiger partial charge in [0.15, 0.2) is 0 Å². The summed E-state index contributed by atoms with van der Waals surface area (Å²) in [5.41, 5.74) is 1.94. The van der Waals surface area contributed by atoms with E-state index < -0.39 is 0 Å². The molecule has 0 aliphatic carbocycles. The maximum atomic E-state index is 11.4. The van der Waals surface area contributed by atoms with E-state index in [9.17, 15) is 4.79 Å². The standard InChI is InChI=1S/C13H14NO2/c1-3-16-13(15)9-14-8-10(2)11-6-4-5-7-12(11)14/h4-8H,2-3,9H2,1H3. The summed E-state index contributed by atoms with van der Waals surface area (Å²) < 4.78 is 6.79. The predicted octanol–water partition coefficient (Wildman–Crippen LogP) is 2.39. The fraction of sp³-hybridized carbons (Fsp3) is 0.231. The molecule has 3 heteroatoms. The maximum Gasteiger partial charge on any atom is 0.325 e. The zero-order chi connectivity index (χ0) is 11.5. The number of hydrogen-bond acceptors (Lipinski definition) is 2. The van der Waals surface area contributed by atoms with Crippen LogP contribution in [0.2, 0.25) is 0 Å². The van der Waals surface area contributed by atoms with E-state index in [1.165, 1.54) is 0 Å². The van der Waals surface area contributed by atoms with Crippen LogP contribution in [-0.2, 0) is 16.1 Å². The van der Waals surface area contributed by atoms with Gasteiger partial charge in [0, 0.05) is 17.1 Å². The quantitative estimate of drug-likeness (QED) is 0.738. The lowest BCUT2D eigenvalue weighted by Crippen LogP contribution is -2.12. The molecule has 0 spiro atoms. The third kappa shape index (κ3) is 1.94. The Morgan fingerprint density at radius 2 is 2.19 bits per heavy atom. The van der Waals surface area contributed by atoms with Gasteiger partial charge in [-0.25, -0.2) is 0 Å². The number of benzene rings is 1. The lowest BCUT2D eigenvalue weighted by atomic mass is 10.2. The second-order valence-corrected chi connectivity index (χ2v) is 3.60. The summed E-state index contributed by atoms with van der Waals surface area (Å²) in [6, 6.07) is 7.89. The Bertz CT molecular complexity index is 514. The summed E-state index contributed by atoms with van der Waals surface area (Å²) in [6.45, 7) is 6.41. The number of rotatable bonds is 3. The molecule has 0 bridgehead atoms. The van der Waals surface area contributed by atoms with E-state index in [1.54, 1.807) is 6.92 Å². The molecule has 1 aromatic carbocycles. The molecule has 2 rings (SSSR count). The number of fused-ring (bicyclic) bond motifs is 1. The van der Waals surface area contributed by atoms with Gasteiger partial charge in [-0.05, 0) is 25.5 Å². The molecular formula is C13H14NO2. The van der Waals surface area contributed by atoms with Gasteiger partial charge in [0.2, 0.25) is 0 Å². The summed E-state index contributed by atoms with van der Waals surface area (Å²) in [5.74, 6) is -0.219. The minimum Gasteiger partial charge on any atom is -0.465 e.